The van der Waals surface area contributed by atoms with Gasteiger partial charge in [-0.2, -0.15) is 4.31 Å². The molecule has 3 rings (SSSR count). The van der Waals surface area contributed by atoms with Crippen LogP contribution in [0, 0.1) is 11.2 Å². The van der Waals surface area contributed by atoms with Crippen LogP contribution in [0.3, 0.4) is 0 Å². The SMILES string of the molecule is CC1(C(=O)N2CCN(S(=O)(=O)c3ccc(F)c(Cl)c3)CC2)CCCC1. The monoisotopic (exact) mass is 388 g/mol. The number of carbonyl (C=O) groups excluding carboxylic acids is 1. The third kappa shape index (κ3) is 3.55. The molecule has 0 N–H and O–H groups in total. The molecule has 1 aliphatic heterocycles. The van der Waals surface area contributed by atoms with Gasteiger partial charge in [0.25, 0.3) is 0 Å². The van der Waals surface area contributed by atoms with Crippen molar-refractivity contribution < 1.29 is 17.6 Å². The van der Waals surface area contributed by atoms with Gasteiger partial charge in [0.15, 0.2) is 0 Å². The molecule has 8 heteroatoms. The minimum atomic E-state index is -3.74. The molecule has 1 aromatic carbocycles. The number of carbonyl (C=O) groups is 1. The highest BCUT2D eigenvalue weighted by Crippen LogP contribution is 2.39. The molecule has 0 bridgehead atoms. The third-order valence-electron chi connectivity index (χ3n) is 5.28. The lowest BCUT2D eigenvalue weighted by atomic mass is 9.87. The van der Waals surface area contributed by atoms with E-state index in [0.717, 1.165) is 37.8 Å². The second-order valence-electron chi connectivity index (χ2n) is 7.04. The van der Waals surface area contributed by atoms with Gasteiger partial charge in [0.05, 0.1) is 9.92 Å². The molecule has 2 fully saturated rings. The summed E-state index contributed by atoms with van der Waals surface area (Å²) in [5.74, 6) is -0.521. The van der Waals surface area contributed by atoms with Gasteiger partial charge < -0.3 is 4.90 Å². The Bertz CT molecular complexity index is 770. The van der Waals surface area contributed by atoms with Gasteiger partial charge in [-0.15, -0.1) is 0 Å². The number of amides is 1. The zero-order valence-electron chi connectivity index (χ0n) is 14.2. The van der Waals surface area contributed by atoms with E-state index < -0.39 is 15.8 Å². The maximum absolute atomic E-state index is 13.3. The van der Waals surface area contributed by atoms with E-state index in [1.807, 2.05) is 6.92 Å². The van der Waals surface area contributed by atoms with Crippen molar-refractivity contribution >= 4 is 27.5 Å². The Morgan fingerprint density at radius 1 is 1.16 bits per heavy atom. The molecule has 0 radical (unpaired) electrons. The van der Waals surface area contributed by atoms with Gasteiger partial charge in [-0.1, -0.05) is 31.4 Å². The molecule has 0 aromatic heterocycles. The Morgan fingerprint density at radius 3 is 2.32 bits per heavy atom. The summed E-state index contributed by atoms with van der Waals surface area (Å²) in [6, 6.07) is 3.40. The van der Waals surface area contributed by atoms with Crippen molar-refractivity contribution in [3.8, 4) is 0 Å². The fraction of sp³-hybridized carbons (Fsp3) is 0.588. The molecule has 0 unspecified atom stereocenters. The predicted molar refractivity (Wildman–Crippen MR) is 93.3 cm³/mol. The van der Waals surface area contributed by atoms with E-state index in [0.29, 0.717) is 13.1 Å². The third-order valence-corrected chi connectivity index (χ3v) is 7.46. The zero-order chi connectivity index (χ0) is 18.2. The first-order valence-electron chi connectivity index (χ1n) is 8.49. The summed E-state index contributed by atoms with van der Waals surface area (Å²) >= 11 is 5.70. The smallest absolute Gasteiger partial charge is 0.243 e. The van der Waals surface area contributed by atoms with E-state index in [1.165, 1.54) is 10.4 Å². The average Bonchev–Trinajstić information content (AvgIpc) is 3.04. The summed E-state index contributed by atoms with van der Waals surface area (Å²) in [6.45, 7) is 3.23. The van der Waals surface area contributed by atoms with Gasteiger partial charge in [-0.25, -0.2) is 12.8 Å². The van der Waals surface area contributed by atoms with E-state index in [4.69, 9.17) is 11.6 Å². The summed E-state index contributed by atoms with van der Waals surface area (Å²) < 4.78 is 40.0. The van der Waals surface area contributed by atoms with Crippen LogP contribution in [0.15, 0.2) is 23.1 Å². The van der Waals surface area contributed by atoms with Crippen LogP contribution < -0.4 is 0 Å². The van der Waals surface area contributed by atoms with Crippen LogP contribution in [0.1, 0.15) is 32.6 Å². The highest BCUT2D eigenvalue weighted by Gasteiger charge is 2.40. The summed E-state index contributed by atoms with van der Waals surface area (Å²) in [4.78, 5) is 14.5. The Kier molecular flexibility index (Phi) is 5.10. The number of benzene rings is 1. The van der Waals surface area contributed by atoms with Crippen LogP contribution in [0.2, 0.25) is 5.02 Å². The normalized spacial score (nSPS) is 21.5. The highest BCUT2D eigenvalue weighted by atomic mass is 35.5. The van der Waals surface area contributed by atoms with E-state index in [-0.39, 0.29) is 34.3 Å². The van der Waals surface area contributed by atoms with Crippen molar-refractivity contribution in [2.24, 2.45) is 5.41 Å². The van der Waals surface area contributed by atoms with Crippen molar-refractivity contribution in [1.29, 1.82) is 0 Å². The summed E-state index contributed by atoms with van der Waals surface area (Å²) in [6.07, 6.45) is 3.95. The Labute approximate surface area is 152 Å². The fourth-order valence-electron chi connectivity index (χ4n) is 3.67. The molecular weight excluding hydrogens is 367 g/mol. The molecule has 0 spiro atoms. The highest BCUT2D eigenvalue weighted by molar-refractivity contribution is 7.89. The lowest BCUT2D eigenvalue weighted by Crippen LogP contribution is -2.53. The second kappa shape index (κ2) is 6.85. The summed E-state index contributed by atoms with van der Waals surface area (Å²) in [5, 5.41) is -0.218. The largest absolute Gasteiger partial charge is 0.340 e. The number of rotatable bonds is 3. The van der Waals surface area contributed by atoms with Crippen LogP contribution in [0.4, 0.5) is 4.39 Å². The minimum absolute atomic E-state index is 0.0265. The summed E-state index contributed by atoms with van der Waals surface area (Å²) in [7, 11) is -3.74. The molecule has 1 aliphatic carbocycles. The Balaban J connectivity index is 1.69. The van der Waals surface area contributed by atoms with E-state index >= 15 is 0 Å². The van der Waals surface area contributed by atoms with Gasteiger partial charge in [-0.3, -0.25) is 4.79 Å². The van der Waals surface area contributed by atoms with Gasteiger partial charge in [-0.05, 0) is 31.0 Å². The number of hydrogen-bond donors (Lipinski definition) is 0. The molecule has 1 aromatic rings. The molecule has 2 aliphatic rings. The Morgan fingerprint density at radius 2 is 1.76 bits per heavy atom. The Hall–Kier alpha value is -1.18. The van der Waals surface area contributed by atoms with E-state index in [1.54, 1.807) is 4.90 Å². The number of sulfonamides is 1. The van der Waals surface area contributed by atoms with Gasteiger partial charge in [0, 0.05) is 31.6 Å². The van der Waals surface area contributed by atoms with Gasteiger partial charge in [0.1, 0.15) is 5.82 Å². The van der Waals surface area contributed by atoms with Crippen LogP contribution >= 0.6 is 11.6 Å². The molecular formula is C17H22ClFN2O3S. The number of piperazine rings is 1. The molecule has 138 valence electrons. The minimum Gasteiger partial charge on any atom is -0.340 e. The van der Waals surface area contributed by atoms with E-state index in [2.05, 4.69) is 0 Å². The lowest BCUT2D eigenvalue weighted by Gasteiger charge is -2.38. The van der Waals surface area contributed by atoms with Gasteiger partial charge in [0.2, 0.25) is 15.9 Å². The summed E-state index contributed by atoms with van der Waals surface area (Å²) in [5.41, 5.74) is -0.300. The molecule has 5 nitrogen and oxygen atoms in total. The maximum Gasteiger partial charge on any atom is 0.243 e. The first kappa shape index (κ1) is 18.6. The first-order chi connectivity index (χ1) is 11.7. The van der Waals surface area contributed by atoms with Crippen molar-refractivity contribution in [3.63, 3.8) is 0 Å². The quantitative estimate of drug-likeness (QED) is 0.800. The van der Waals surface area contributed by atoms with Gasteiger partial charge >= 0.3 is 0 Å². The average molecular weight is 389 g/mol. The van der Waals surface area contributed by atoms with Crippen LogP contribution in [-0.4, -0.2) is 49.7 Å². The molecule has 25 heavy (non-hydrogen) atoms. The molecule has 1 saturated carbocycles. The number of hydrogen-bond acceptors (Lipinski definition) is 3. The van der Waals surface area contributed by atoms with E-state index in [9.17, 15) is 17.6 Å². The second-order valence-corrected chi connectivity index (χ2v) is 9.39. The predicted octanol–water partition coefficient (Wildman–Crippen LogP) is 2.89. The van der Waals surface area contributed by atoms with Crippen LogP contribution in [0.25, 0.3) is 0 Å². The molecule has 1 saturated heterocycles. The molecule has 1 amide bonds. The fourth-order valence-corrected chi connectivity index (χ4v) is 5.36. The topological polar surface area (TPSA) is 57.7 Å². The van der Waals surface area contributed by atoms with Crippen molar-refractivity contribution in [3.05, 3.63) is 29.0 Å². The standard InChI is InChI=1S/C17H22ClFN2O3S/c1-17(6-2-3-7-17)16(22)20-8-10-21(11-9-20)25(23,24)13-4-5-15(19)14(18)12-13/h4-5,12H,2-3,6-11H2,1H3. The van der Waals surface area contributed by atoms with Crippen molar-refractivity contribution in [2.45, 2.75) is 37.5 Å². The number of halogens is 2. The first-order valence-corrected chi connectivity index (χ1v) is 10.3. The zero-order valence-corrected chi connectivity index (χ0v) is 15.7. The maximum atomic E-state index is 13.3. The molecule has 1 heterocycles. The van der Waals surface area contributed by atoms with Crippen LogP contribution in [0.5, 0.6) is 0 Å². The van der Waals surface area contributed by atoms with Crippen molar-refractivity contribution in [2.75, 3.05) is 26.2 Å². The number of nitrogens with zero attached hydrogens (tertiary/aromatic N) is 2. The molecule has 0 atom stereocenters. The lowest BCUT2D eigenvalue weighted by molar-refractivity contribution is -0.142. The van der Waals surface area contributed by atoms with Crippen molar-refractivity contribution in [1.82, 2.24) is 9.21 Å². The van der Waals surface area contributed by atoms with Crippen LogP contribution in [-0.2, 0) is 14.8 Å².